The summed E-state index contributed by atoms with van der Waals surface area (Å²) < 4.78 is 8.20. The van der Waals surface area contributed by atoms with Gasteiger partial charge in [0.1, 0.15) is 35.2 Å². The third kappa shape index (κ3) is 4.68. The Kier molecular flexibility index (Phi) is 6.34. The normalized spacial score (nSPS) is 22.4. The SMILES string of the molecule is Nc1nccn2c(C3CC(CN4CCCC(O)C4)C3)nc(-c3cccc(OCc4ccccc4)c3)c12. The predicted molar refractivity (Wildman–Crippen MR) is 141 cm³/mol. The summed E-state index contributed by atoms with van der Waals surface area (Å²) in [4.78, 5) is 11.9. The maximum Gasteiger partial charge on any atom is 0.150 e. The van der Waals surface area contributed by atoms with Gasteiger partial charge in [-0.2, -0.15) is 0 Å². The van der Waals surface area contributed by atoms with Gasteiger partial charge >= 0.3 is 0 Å². The molecule has 6 rings (SSSR count). The van der Waals surface area contributed by atoms with Crippen LogP contribution in [0.4, 0.5) is 5.82 Å². The number of hydrogen-bond donors (Lipinski definition) is 2. The minimum atomic E-state index is -0.170. The van der Waals surface area contributed by atoms with E-state index in [4.69, 9.17) is 15.5 Å². The van der Waals surface area contributed by atoms with Gasteiger partial charge in [-0.25, -0.2) is 9.97 Å². The number of β-amino-alcohol motifs (C(OH)–C–C–N with tert-alkyl or cyclic N) is 1. The van der Waals surface area contributed by atoms with Crippen LogP contribution in [0.3, 0.4) is 0 Å². The lowest BCUT2D eigenvalue weighted by molar-refractivity contribution is 0.0494. The summed E-state index contributed by atoms with van der Waals surface area (Å²) in [6.07, 6.45) is 7.79. The van der Waals surface area contributed by atoms with Crippen LogP contribution in [0, 0.1) is 5.92 Å². The third-order valence-electron chi connectivity index (χ3n) is 7.56. The fourth-order valence-corrected chi connectivity index (χ4v) is 5.71. The Morgan fingerprint density at radius 3 is 2.78 bits per heavy atom. The number of ether oxygens (including phenoxy) is 1. The maximum atomic E-state index is 10.00. The van der Waals surface area contributed by atoms with E-state index in [0.717, 1.165) is 79.2 Å². The molecule has 2 aromatic heterocycles. The highest BCUT2D eigenvalue weighted by Gasteiger charge is 2.36. The number of nitrogen functional groups attached to an aromatic ring is 1. The van der Waals surface area contributed by atoms with Crippen LogP contribution in [-0.4, -0.2) is 50.1 Å². The molecule has 1 aliphatic heterocycles. The molecule has 3 N–H and O–H groups in total. The second-order valence-electron chi connectivity index (χ2n) is 10.2. The number of nitrogens with zero attached hydrogens (tertiary/aromatic N) is 4. The number of anilines is 1. The molecule has 7 heteroatoms. The molecule has 1 saturated heterocycles. The summed E-state index contributed by atoms with van der Waals surface area (Å²) >= 11 is 0. The van der Waals surface area contributed by atoms with Crippen molar-refractivity contribution in [3.05, 3.63) is 78.4 Å². The van der Waals surface area contributed by atoms with Gasteiger partial charge in [0, 0.05) is 37.0 Å². The van der Waals surface area contributed by atoms with Gasteiger partial charge in [-0.05, 0) is 55.8 Å². The van der Waals surface area contributed by atoms with Gasteiger partial charge in [-0.3, -0.25) is 4.40 Å². The van der Waals surface area contributed by atoms with Crippen LogP contribution in [0.1, 0.15) is 43.0 Å². The molecule has 0 amide bonds. The zero-order valence-electron chi connectivity index (χ0n) is 20.5. The summed E-state index contributed by atoms with van der Waals surface area (Å²) in [5.74, 6) is 3.38. The lowest BCUT2D eigenvalue weighted by atomic mass is 9.74. The summed E-state index contributed by atoms with van der Waals surface area (Å²) in [6.45, 7) is 3.48. The number of aliphatic hydroxyl groups excluding tert-OH is 1. The molecule has 3 heterocycles. The number of aromatic nitrogens is 3. The first kappa shape index (κ1) is 23.0. The lowest BCUT2D eigenvalue weighted by Gasteiger charge is -2.40. The van der Waals surface area contributed by atoms with E-state index in [0.29, 0.717) is 24.3 Å². The number of rotatable bonds is 7. The van der Waals surface area contributed by atoms with Crippen LogP contribution in [0.15, 0.2) is 67.0 Å². The highest BCUT2D eigenvalue weighted by molar-refractivity contribution is 5.85. The van der Waals surface area contributed by atoms with E-state index >= 15 is 0 Å². The number of aliphatic hydroxyl groups is 1. The number of nitrogens with two attached hydrogens (primary N) is 1. The molecule has 0 bridgehead atoms. The summed E-state index contributed by atoms with van der Waals surface area (Å²) in [7, 11) is 0. The zero-order chi connectivity index (χ0) is 24.5. The van der Waals surface area contributed by atoms with Crippen molar-refractivity contribution in [2.45, 2.75) is 44.3 Å². The molecule has 2 aliphatic rings. The molecule has 1 aliphatic carbocycles. The molecule has 0 spiro atoms. The lowest BCUT2D eigenvalue weighted by Crippen LogP contribution is -2.43. The molecular formula is C29H33N5O2. The minimum absolute atomic E-state index is 0.170. The van der Waals surface area contributed by atoms with Gasteiger partial charge in [0.25, 0.3) is 0 Å². The average molecular weight is 484 g/mol. The van der Waals surface area contributed by atoms with Gasteiger partial charge in [-0.15, -0.1) is 0 Å². The summed E-state index contributed by atoms with van der Waals surface area (Å²) in [5, 5.41) is 10.00. The molecule has 0 radical (unpaired) electrons. The Morgan fingerprint density at radius 1 is 1.08 bits per heavy atom. The number of likely N-dealkylation sites (tertiary alicyclic amines) is 1. The number of fused-ring (bicyclic) bond motifs is 1. The van der Waals surface area contributed by atoms with Crippen molar-refractivity contribution < 1.29 is 9.84 Å². The molecule has 1 saturated carbocycles. The second-order valence-corrected chi connectivity index (χ2v) is 10.2. The minimum Gasteiger partial charge on any atom is -0.489 e. The Bertz CT molecular complexity index is 1330. The van der Waals surface area contributed by atoms with Gasteiger partial charge in [0.2, 0.25) is 0 Å². The maximum absolute atomic E-state index is 10.00. The first-order valence-corrected chi connectivity index (χ1v) is 12.9. The van der Waals surface area contributed by atoms with Crippen molar-refractivity contribution in [1.29, 1.82) is 0 Å². The summed E-state index contributed by atoms with van der Waals surface area (Å²) in [6, 6.07) is 18.2. The van der Waals surface area contributed by atoms with Crippen molar-refractivity contribution >= 4 is 11.3 Å². The van der Waals surface area contributed by atoms with E-state index < -0.39 is 0 Å². The monoisotopic (exact) mass is 483 g/mol. The predicted octanol–water partition coefficient (Wildman–Crippen LogP) is 4.51. The van der Waals surface area contributed by atoms with Crippen LogP contribution in [0.2, 0.25) is 0 Å². The molecular weight excluding hydrogens is 450 g/mol. The van der Waals surface area contributed by atoms with Crippen molar-refractivity contribution in [3.8, 4) is 17.0 Å². The van der Waals surface area contributed by atoms with Gasteiger partial charge in [0.15, 0.2) is 0 Å². The van der Waals surface area contributed by atoms with E-state index in [1.807, 2.05) is 42.6 Å². The van der Waals surface area contributed by atoms with E-state index in [2.05, 4.69) is 32.5 Å². The zero-order valence-corrected chi connectivity index (χ0v) is 20.5. The Balaban J connectivity index is 1.22. The second kappa shape index (κ2) is 9.91. The first-order chi connectivity index (χ1) is 17.6. The highest BCUT2D eigenvalue weighted by atomic mass is 16.5. The largest absolute Gasteiger partial charge is 0.489 e. The molecule has 1 unspecified atom stereocenters. The van der Waals surface area contributed by atoms with Crippen molar-refractivity contribution in [3.63, 3.8) is 0 Å². The highest BCUT2D eigenvalue weighted by Crippen LogP contribution is 2.43. The van der Waals surface area contributed by atoms with Crippen LogP contribution < -0.4 is 10.5 Å². The number of piperidine rings is 1. The van der Waals surface area contributed by atoms with E-state index in [1.165, 1.54) is 0 Å². The molecule has 2 fully saturated rings. The van der Waals surface area contributed by atoms with E-state index in [1.54, 1.807) is 6.20 Å². The van der Waals surface area contributed by atoms with Crippen molar-refractivity contribution in [2.75, 3.05) is 25.4 Å². The van der Waals surface area contributed by atoms with E-state index in [-0.39, 0.29) is 6.10 Å². The van der Waals surface area contributed by atoms with Gasteiger partial charge in [0.05, 0.1) is 6.10 Å². The third-order valence-corrected chi connectivity index (χ3v) is 7.56. The Hall–Kier alpha value is -3.42. The Morgan fingerprint density at radius 2 is 1.94 bits per heavy atom. The molecule has 4 aromatic rings. The van der Waals surface area contributed by atoms with Gasteiger partial charge in [-0.1, -0.05) is 42.5 Å². The Labute approximate surface area is 211 Å². The van der Waals surface area contributed by atoms with Gasteiger partial charge < -0.3 is 20.5 Å². The molecule has 1 atom stereocenters. The number of hydrogen-bond acceptors (Lipinski definition) is 6. The van der Waals surface area contributed by atoms with Crippen molar-refractivity contribution in [2.24, 2.45) is 5.92 Å². The number of imidazole rings is 1. The topological polar surface area (TPSA) is 88.9 Å². The van der Waals surface area contributed by atoms with Crippen LogP contribution in [0.25, 0.3) is 16.8 Å². The quantitative estimate of drug-likeness (QED) is 0.402. The number of benzene rings is 2. The molecule has 186 valence electrons. The van der Waals surface area contributed by atoms with E-state index in [9.17, 15) is 5.11 Å². The molecule has 2 aromatic carbocycles. The standard InChI is InChI=1S/C29H33N5O2/c30-28-27-26(22-8-4-10-25(16-22)36-19-20-6-2-1-3-7-20)32-29(34(27)13-11-31-28)23-14-21(15-23)17-33-12-5-9-24(35)18-33/h1-4,6-8,10-11,13,16,21,23-24,35H,5,9,12,14-15,17-19H2,(H2,30,31). The fourth-order valence-electron chi connectivity index (χ4n) is 5.71. The fraction of sp³-hybridized carbons (Fsp3) is 0.379. The average Bonchev–Trinajstić information content (AvgIpc) is 3.26. The summed E-state index contributed by atoms with van der Waals surface area (Å²) in [5.41, 5.74) is 10.2. The van der Waals surface area contributed by atoms with Crippen LogP contribution in [-0.2, 0) is 6.61 Å². The molecule has 7 nitrogen and oxygen atoms in total. The first-order valence-electron chi connectivity index (χ1n) is 12.9. The molecule has 36 heavy (non-hydrogen) atoms. The van der Waals surface area contributed by atoms with Crippen LogP contribution in [0.5, 0.6) is 5.75 Å². The van der Waals surface area contributed by atoms with Crippen LogP contribution >= 0.6 is 0 Å². The smallest absolute Gasteiger partial charge is 0.150 e. The van der Waals surface area contributed by atoms with Crippen molar-refractivity contribution in [1.82, 2.24) is 19.3 Å².